The van der Waals surface area contributed by atoms with Gasteiger partial charge in [0.2, 0.25) is 0 Å². The largest absolute Gasteiger partial charge is 0.485 e. The number of ether oxygens (including phenoxy) is 2. The minimum atomic E-state index is -0.547. The van der Waals surface area contributed by atoms with Gasteiger partial charge in [-0.25, -0.2) is 4.79 Å². The number of benzene rings is 1. The summed E-state index contributed by atoms with van der Waals surface area (Å²) in [6.45, 7) is 11.7. The number of ketones is 1. The first-order valence-corrected chi connectivity index (χ1v) is 9.48. The molecule has 1 amide bonds. The van der Waals surface area contributed by atoms with Crippen molar-refractivity contribution in [2.75, 3.05) is 19.7 Å². The molecule has 7 nitrogen and oxygen atoms in total. The highest BCUT2D eigenvalue weighted by atomic mass is 16.6. The minimum Gasteiger partial charge on any atom is -0.485 e. The summed E-state index contributed by atoms with van der Waals surface area (Å²) in [7, 11) is 0. The van der Waals surface area contributed by atoms with Crippen LogP contribution >= 0.6 is 0 Å². The van der Waals surface area contributed by atoms with Crippen LogP contribution in [0.4, 0.5) is 4.79 Å². The molecule has 154 valence electrons. The number of Topliss-reactive ketones (excluding diaryl/α,β-unsaturated/α-hetero) is 1. The molecule has 0 saturated carbocycles. The van der Waals surface area contributed by atoms with E-state index in [9.17, 15) is 14.8 Å². The summed E-state index contributed by atoms with van der Waals surface area (Å²) >= 11 is 0. The van der Waals surface area contributed by atoms with E-state index < -0.39 is 5.60 Å². The van der Waals surface area contributed by atoms with Gasteiger partial charge in [0, 0.05) is 18.7 Å². The molecule has 28 heavy (non-hydrogen) atoms. The first-order chi connectivity index (χ1) is 13.0. The van der Waals surface area contributed by atoms with Crippen molar-refractivity contribution < 1.29 is 24.3 Å². The lowest BCUT2D eigenvalue weighted by Crippen LogP contribution is -2.38. The number of fused-ring (bicyclic) bond motifs is 1. The van der Waals surface area contributed by atoms with Crippen molar-refractivity contribution in [3.63, 3.8) is 0 Å². The van der Waals surface area contributed by atoms with Crippen molar-refractivity contribution in [1.29, 1.82) is 0 Å². The van der Waals surface area contributed by atoms with Gasteiger partial charge in [0.25, 0.3) is 0 Å². The SMILES string of the molecule is CC(=O)COc1cc2c(cc1/C(C)=N/O)C(C)CN(C(=O)OC(C)(C)C)CC2. The first-order valence-electron chi connectivity index (χ1n) is 9.48. The Hall–Kier alpha value is -2.57. The van der Waals surface area contributed by atoms with Crippen molar-refractivity contribution in [2.45, 2.75) is 59.5 Å². The highest BCUT2D eigenvalue weighted by Gasteiger charge is 2.28. The highest BCUT2D eigenvalue weighted by Crippen LogP contribution is 2.32. The van der Waals surface area contributed by atoms with Crippen LogP contribution < -0.4 is 4.74 Å². The summed E-state index contributed by atoms with van der Waals surface area (Å²) in [5.41, 5.74) is 2.61. The lowest BCUT2D eigenvalue weighted by molar-refractivity contribution is -0.118. The molecule has 1 aliphatic heterocycles. The van der Waals surface area contributed by atoms with Crippen molar-refractivity contribution in [3.8, 4) is 5.75 Å². The van der Waals surface area contributed by atoms with E-state index in [0.29, 0.717) is 36.5 Å². The quantitative estimate of drug-likeness (QED) is 0.480. The Morgan fingerprint density at radius 3 is 2.54 bits per heavy atom. The van der Waals surface area contributed by atoms with E-state index in [1.54, 1.807) is 11.8 Å². The van der Waals surface area contributed by atoms with Crippen molar-refractivity contribution in [3.05, 3.63) is 28.8 Å². The molecule has 2 rings (SSSR count). The topological polar surface area (TPSA) is 88.4 Å². The molecule has 0 fully saturated rings. The van der Waals surface area contributed by atoms with Crippen LogP contribution in [-0.4, -0.2) is 53.0 Å². The lowest BCUT2D eigenvalue weighted by Gasteiger charge is -2.27. The minimum absolute atomic E-state index is 0.0515. The second-order valence-corrected chi connectivity index (χ2v) is 8.30. The van der Waals surface area contributed by atoms with Crippen LogP contribution in [0.25, 0.3) is 0 Å². The maximum Gasteiger partial charge on any atom is 0.410 e. The summed E-state index contributed by atoms with van der Waals surface area (Å²) in [5.74, 6) is 0.475. The van der Waals surface area contributed by atoms with E-state index in [-0.39, 0.29) is 24.4 Å². The average Bonchev–Trinajstić information content (AvgIpc) is 2.76. The fourth-order valence-corrected chi connectivity index (χ4v) is 3.22. The van der Waals surface area contributed by atoms with E-state index in [2.05, 4.69) is 5.16 Å². The number of carbonyl (C=O) groups excluding carboxylic acids is 2. The van der Waals surface area contributed by atoms with Gasteiger partial charge >= 0.3 is 6.09 Å². The summed E-state index contributed by atoms with van der Waals surface area (Å²) in [6, 6.07) is 3.82. The third kappa shape index (κ3) is 5.47. The molecule has 0 radical (unpaired) electrons. The summed E-state index contributed by atoms with van der Waals surface area (Å²) in [5, 5.41) is 12.5. The van der Waals surface area contributed by atoms with Gasteiger partial charge in [0.15, 0.2) is 5.78 Å². The van der Waals surface area contributed by atoms with E-state index in [1.165, 1.54) is 6.92 Å². The highest BCUT2D eigenvalue weighted by molar-refractivity contribution is 6.01. The Bertz CT molecular complexity index is 780. The molecule has 0 aromatic heterocycles. The van der Waals surface area contributed by atoms with Crippen LogP contribution in [0, 0.1) is 0 Å². The van der Waals surface area contributed by atoms with Crippen LogP contribution in [0.5, 0.6) is 5.75 Å². The monoisotopic (exact) mass is 390 g/mol. The van der Waals surface area contributed by atoms with Gasteiger partial charge < -0.3 is 19.6 Å². The Labute approximate surface area is 166 Å². The first kappa shape index (κ1) is 21.7. The standard InChI is InChI=1S/C21H30N2O5/c1-13-11-23(20(25)28-21(4,5)6)8-7-16-9-19(27-12-14(2)24)18(10-17(13)16)15(3)22-26/h9-10,13,26H,7-8,11-12H2,1-6H3/b22-15+. The third-order valence-electron chi connectivity index (χ3n) is 4.54. The summed E-state index contributed by atoms with van der Waals surface area (Å²) in [4.78, 5) is 25.6. The molecule has 1 atom stereocenters. The molecule has 1 aliphatic rings. The van der Waals surface area contributed by atoms with Crippen LogP contribution in [-0.2, 0) is 16.0 Å². The zero-order chi connectivity index (χ0) is 21.1. The molecule has 1 unspecified atom stereocenters. The molecule has 0 aliphatic carbocycles. The van der Waals surface area contributed by atoms with Gasteiger partial charge in [-0.3, -0.25) is 4.79 Å². The maximum absolute atomic E-state index is 12.5. The van der Waals surface area contributed by atoms with E-state index in [0.717, 1.165) is 11.1 Å². The lowest BCUT2D eigenvalue weighted by atomic mass is 9.91. The Kier molecular flexibility index (Phi) is 6.69. The smallest absolute Gasteiger partial charge is 0.410 e. The van der Waals surface area contributed by atoms with Gasteiger partial charge in [-0.1, -0.05) is 12.1 Å². The predicted octanol–water partition coefficient (Wildman–Crippen LogP) is 3.75. The number of hydrogen-bond donors (Lipinski definition) is 1. The van der Waals surface area contributed by atoms with E-state index in [1.807, 2.05) is 39.8 Å². The number of rotatable bonds is 4. The van der Waals surface area contributed by atoms with Crippen LogP contribution in [0.3, 0.4) is 0 Å². The van der Waals surface area contributed by atoms with Gasteiger partial charge in [-0.05, 0) is 70.2 Å². The molecule has 1 aromatic carbocycles. The molecule has 0 saturated heterocycles. The summed E-state index contributed by atoms with van der Waals surface area (Å²) in [6.07, 6.45) is 0.318. The zero-order valence-corrected chi connectivity index (χ0v) is 17.5. The molecule has 0 bridgehead atoms. The maximum atomic E-state index is 12.5. The fourth-order valence-electron chi connectivity index (χ4n) is 3.22. The molecule has 1 aromatic rings. The second kappa shape index (κ2) is 8.63. The van der Waals surface area contributed by atoms with Crippen LogP contribution in [0.2, 0.25) is 0 Å². The van der Waals surface area contributed by atoms with Crippen molar-refractivity contribution in [2.24, 2.45) is 5.16 Å². The molecule has 1 heterocycles. The summed E-state index contributed by atoms with van der Waals surface area (Å²) < 4.78 is 11.2. The van der Waals surface area contributed by atoms with Crippen LogP contribution in [0.1, 0.15) is 64.2 Å². The van der Waals surface area contributed by atoms with Gasteiger partial charge in [-0.2, -0.15) is 0 Å². The zero-order valence-electron chi connectivity index (χ0n) is 17.5. The molecular formula is C21H30N2O5. The normalized spacial score (nSPS) is 17.6. The van der Waals surface area contributed by atoms with E-state index >= 15 is 0 Å². The molecule has 1 N–H and O–H groups in total. The van der Waals surface area contributed by atoms with Gasteiger partial charge in [0.1, 0.15) is 18.0 Å². The van der Waals surface area contributed by atoms with Gasteiger partial charge in [-0.15, -0.1) is 0 Å². The predicted molar refractivity (Wildman–Crippen MR) is 107 cm³/mol. The van der Waals surface area contributed by atoms with Gasteiger partial charge in [0.05, 0.1) is 5.71 Å². The molecule has 7 heteroatoms. The Balaban J connectivity index is 2.35. The average molecular weight is 390 g/mol. The molecular weight excluding hydrogens is 360 g/mol. The van der Waals surface area contributed by atoms with E-state index in [4.69, 9.17) is 9.47 Å². The number of nitrogens with zero attached hydrogens (tertiary/aromatic N) is 2. The van der Waals surface area contributed by atoms with Crippen LogP contribution in [0.15, 0.2) is 17.3 Å². The number of oxime groups is 1. The van der Waals surface area contributed by atoms with Crippen molar-refractivity contribution >= 4 is 17.6 Å². The number of carbonyl (C=O) groups is 2. The third-order valence-corrected chi connectivity index (χ3v) is 4.54. The number of hydrogen-bond acceptors (Lipinski definition) is 6. The Morgan fingerprint density at radius 1 is 1.29 bits per heavy atom. The number of amides is 1. The Morgan fingerprint density at radius 2 is 1.96 bits per heavy atom. The second-order valence-electron chi connectivity index (χ2n) is 8.30. The van der Waals surface area contributed by atoms with Crippen molar-refractivity contribution in [1.82, 2.24) is 4.90 Å². The fraction of sp³-hybridized carbons (Fsp3) is 0.571. The molecule has 0 spiro atoms.